The Morgan fingerprint density at radius 1 is 1.46 bits per heavy atom. The molecule has 1 amide bonds. The zero-order valence-corrected chi connectivity index (χ0v) is 16.5. The number of rotatable bonds is 6. The number of carbonyl (C=O) groups is 1. The zero-order chi connectivity index (χ0) is 18.5. The van der Waals surface area contributed by atoms with Crippen molar-refractivity contribution in [1.29, 1.82) is 0 Å². The molecule has 0 aliphatic carbocycles. The fourth-order valence-corrected chi connectivity index (χ4v) is 4.13. The highest BCUT2D eigenvalue weighted by Gasteiger charge is 2.24. The Balaban J connectivity index is 1.62. The van der Waals surface area contributed by atoms with Gasteiger partial charge < -0.3 is 14.5 Å². The van der Waals surface area contributed by atoms with Crippen molar-refractivity contribution in [1.82, 2.24) is 14.9 Å². The van der Waals surface area contributed by atoms with Crippen LogP contribution in [0.25, 0.3) is 0 Å². The van der Waals surface area contributed by atoms with E-state index in [-0.39, 0.29) is 5.91 Å². The maximum atomic E-state index is 12.7. The second kappa shape index (κ2) is 8.60. The quantitative estimate of drug-likeness (QED) is 0.778. The number of pyridine rings is 1. The van der Waals surface area contributed by atoms with Crippen LogP contribution < -0.4 is 4.90 Å². The minimum atomic E-state index is 0.0584. The van der Waals surface area contributed by atoms with E-state index in [0.29, 0.717) is 24.6 Å². The van der Waals surface area contributed by atoms with E-state index in [1.807, 2.05) is 41.3 Å². The van der Waals surface area contributed by atoms with Gasteiger partial charge in [0, 0.05) is 44.5 Å². The Hall–Kier alpha value is -1.99. The van der Waals surface area contributed by atoms with Crippen LogP contribution in [0.4, 0.5) is 5.82 Å². The second-order valence-electron chi connectivity index (χ2n) is 6.86. The molecule has 0 radical (unpaired) electrons. The molecule has 3 heterocycles. The van der Waals surface area contributed by atoms with Crippen LogP contribution in [-0.2, 0) is 11.3 Å². The molecule has 140 valence electrons. The van der Waals surface area contributed by atoms with Gasteiger partial charge in [0.15, 0.2) is 0 Å². The lowest BCUT2D eigenvalue weighted by atomic mass is 9.98. The maximum Gasteiger partial charge on any atom is 0.255 e. The Morgan fingerprint density at radius 2 is 2.31 bits per heavy atom. The van der Waals surface area contributed by atoms with E-state index in [1.165, 1.54) is 0 Å². The van der Waals surface area contributed by atoms with Crippen molar-refractivity contribution in [2.45, 2.75) is 26.3 Å². The third-order valence-electron chi connectivity index (χ3n) is 4.63. The number of methoxy groups -OCH3 is 1. The molecule has 1 unspecified atom stereocenters. The molecule has 2 aromatic heterocycles. The van der Waals surface area contributed by atoms with Gasteiger partial charge in [-0.2, -0.15) is 0 Å². The van der Waals surface area contributed by atoms with Crippen molar-refractivity contribution in [3.63, 3.8) is 0 Å². The SMILES string of the molecule is COCC1CCCN(C(=O)c2ccc(N(C)Cc3nc(C)cs3)nc2)C1. The van der Waals surface area contributed by atoms with E-state index < -0.39 is 0 Å². The zero-order valence-electron chi connectivity index (χ0n) is 15.6. The van der Waals surface area contributed by atoms with Crippen molar-refractivity contribution < 1.29 is 9.53 Å². The van der Waals surface area contributed by atoms with Gasteiger partial charge in [-0.3, -0.25) is 4.79 Å². The first-order chi connectivity index (χ1) is 12.6. The summed E-state index contributed by atoms with van der Waals surface area (Å²) in [5.41, 5.74) is 1.69. The number of hydrogen-bond donors (Lipinski definition) is 0. The summed E-state index contributed by atoms with van der Waals surface area (Å²) in [5, 5.41) is 3.11. The molecule has 0 N–H and O–H groups in total. The number of thiazole rings is 1. The van der Waals surface area contributed by atoms with Gasteiger partial charge in [-0.25, -0.2) is 9.97 Å². The van der Waals surface area contributed by atoms with Crippen molar-refractivity contribution in [3.05, 3.63) is 40.0 Å². The van der Waals surface area contributed by atoms with Gasteiger partial charge in [-0.15, -0.1) is 11.3 Å². The molecule has 6 nitrogen and oxygen atoms in total. The molecule has 26 heavy (non-hydrogen) atoms. The highest BCUT2D eigenvalue weighted by Crippen LogP contribution is 2.20. The minimum Gasteiger partial charge on any atom is -0.384 e. The Morgan fingerprint density at radius 3 is 2.96 bits per heavy atom. The van der Waals surface area contributed by atoms with E-state index in [1.54, 1.807) is 24.6 Å². The summed E-state index contributed by atoms with van der Waals surface area (Å²) in [6.45, 7) is 4.99. The fourth-order valence-electron chi connectivity index (χ4n) is 3.30. The number of aromatic nitrogens is 2. The third kappa shape index (κ3) is 4.59. The third-order valence-corrected chi connectivity index (χ3v) is 5.58. The lowest BCUT2D eigenvalue weighted by molar-refractivity contribution is 0.0570. The van der Waals surface area contributed by atoms with Crippen molar-refractivity contribution in [3.8, 4) is 0 Å². The average Bonchev–Trinajstić information content (AvgIpc) is 3.06. The first kappa shape index (κ1) is 18.8. The number of carbonyl (C=O) groups excluding carboxylic acids is 1. The largest absolute Gasteiger partial charge is 0.384 e. The normalized spacial score (nSPS) is 17.3. The van der Waals surface area contributed by atoms with Crippen LogP contribution >= 0.6 is 11.3 Å². The molecule has 1 aliphatic heterocycles. The molecule has 1 saturated heterocycles. The second-order valence-corrected chi connectivity index (χ2v) is 7.80. The molecule has 1 aliphatic rings. The van der Waals surface area contributed by atoms with E-state index in [2.05, 4.69) is 9.97 Å². The summed E-state index contributed by atoms with van der Waals surface area (Å²) in [7, 11) is 3.70. The molecular formula is C19H26N4O2S. The van der Waals surface area contributed by atoms with Gasteiger partial charge in [0.2, 0.25) is 0 Å². The number of amides is 1. The van der Waals surface area contributed by atoms with E-state index in [4.69, 9.17) is 4.74 Å². The summed E-state index contributed by atoms with van der Waals surface area (Å²) in [4.78, 5) is 25.7. The lowest BCUT2D eigenvalue weighted by Gasteiger charge is -2.32. The maximum absolute atomic E-state index is 12.7. The Labute approximate surface area is 158 Å². The summed E-state index contributed by atoms with van der Waals surface area (Å²) in [6, 6.07) is 3.78. The molecule has 3 rings (SSSR count). The van der Waals surface area contributed by atoms with Gasteiger partial charge in [-0.05, 0) is 37.8 Å². The summed E-state index contributed by atoms with van der Waals surface area (Å²) >= 11 is 1.65. The average molecular weight is 375 g/mol. The summed E-state index contributed by atoms with van der Waals surface area (Å²) < 4.78 is 5.25. The Bertz CT molecular complexity index is 729. The minimum absolute atomic E-state index is 0.0584. The van der Waals surface area contributed by atoms with Gasteiger partial charge in [0.25, 0.3) is 5.91 Å². The molecule has 0 bridgehead atoms. The molecular weight excluding hydrogens is 348 g/mol. The van der Waals surface area contributed by atoms with E-state index in [9.17, 15) is 4.79 Å². The van der Waals surface area contributed by atoms with E-state index >= 15 is 0 Å². The van der Waals surface area contributed by atoms with Crippen molar-refractivity contribution >= 4 is 23.1 Å². The highest BCUT2D eigenvalue weighted by atomic mass is 32.1. The standard InChI is InChI=1S/C19H26N4O2S/c1-14-13-26-18(21-14)11-22(2)17-7-6-16(9-20-17)19(24)23-8-4-5-15(10-23)12-25-3/h6-7,9,13,15H,4-5,8,10-12H2,1-3H3. The first-order valence-corrected chi connectivity index (χ1v) is 9.81. The van der Waals surface area contributed by atoms with Crippen LogP contribution in [0.1, 0.15) is 33.9 Å². The van der Waals surface area contributed by atoms with Crippen LogP contribution in [0.2, 0.25) is 0 Å². The van der Waals surface area contributed by atoms with Gasteiger partial charge in [-0.1, -0.05) is 0 Å². The molecule has 2 aromatic rings. The smallest absolute Gasteiger partial charge is 0.255 e. The van der Waals surface area contributed by atoms with Crippen LogP contribution in [0.3, 0.4) is 0 Å². The number of likely N-dealkylation sites (tertiary alicyclic amines) is 1. The van der Waals surface area contributed by atoms with Gasteiger partial charge >= 0.3 is 0 Å². The monoisotopic (exact) mass is 374 g/mol. The number of ether oxygens (including phenoxy) is 1. The van der Waals surface area contributed by atoms with Crippen LogP contribution in [-0.4, -0.2) is 54.6 Å². The van der Waals surface area contributed by atoms with Crippen LogP contribution in [0.5, 0.6) is 0 Å². The van der Waals surface area contributed by atoms with Gasteiger partial charge in [0.1, 0.15) is 10.8 Å². The topological polar surface area (TPSA) is 58.6 Å². The number of nitrogens with zero attached hydrogens (tertiary/aromatic N) is 4. The molecule has 1 fully saturated rings. The molecule has 0 spiro atoms. The molecule has 1 atom stereocenters. The first-order valence-electron chi connectivity index (χ1n) is 8.93. The molecule has 0 aromatic carbocycles. The fraction of sp³-hybridized carbons (Fsp3) is 0.526. The predicted molar refractivity (Wildman–Crippen MR) is 104 cm³/mol. The van der Waals surface area contributed by atoms with Crippen LogP contribution in [0.15, 0.2) is 23.7 Å². The molecule has 0 saturated carbocycles. The summed E-state index contributed by atoms with van der Waals surface area (Å²) in [6.07, 6.45) is 3.83. The van der Waals surface area contributed by atoms with Crippen molar-refractivity contribution in [2.75, 3.05) is 38.8 Å². The predicted octanol–water partition coefficient (Wildman–Crippen LogP) is 2.98. The molecule has 7 heteroatoms. The van der Waals surface area contributed by atoms with Crippen LogP contribution in [0, 0.1) is 12.8 Å². The summed E-state index contributed by atoms with van der Waals surface area (Å²) in [5.74, 6) is 1.33. The number of hydrogen-bond acceptors (Lipinski definition) is 6. The Kier molecular flexibility index (Phi) is 6.21. The number of piperidine rings is 1. The van der Waals surface area contributed by atoms with E-state index in [0.717, 1.165) is 42.5 Å². The highest BCUT2D eigenvalue weighted by molar-refractivity contribution is 7.09. The van der Waals surface area contributed by atoms with Gasteiger partial charge in [0.05, 0.1) is 18.7 Å². The number of anilines is 1. The lowest BCUT2D eigenvalue weighted by Crippen LogP contribution is -2.41. The number of aryl methyl sites for hydroxylation is 1. The van der Waals surface area contributed by atoms with Crippen molar-refractivity contribution in [2.24, 2.45) is 5.92 Å².